The molecule has 0 spiro atoms. The Bertz CT molecular complexity index is 577. The minimum Gasteiger partial charge on any atom is -0.348 e. The summed E-state index contributed by atoms with van der Waals surface area (Å²) in [5.41, 5.74) is 1.76. The fourth-order valence-electron chi connectivity index (χ4n) is 2.05. The van der Waals surface area contributed by atoms with Crippen molar-refractivity contribution >= 4 is 17.4 Å². The zero-order valence-electron chi connectivity index (χ0n) is 11.1. The number of benzene rings is 1. The van der Waals surface area contributed by atoms with Gasteiger partial charge in [-0.05, 0) is 30.8 Å². The fraction of sp³-hybridized carbons (Fsp3) is 0.267. The normalized spacial score (nSPS) is 10.9. The van der Waals surface area contributed by atoms with Crippen molar-refractivity contribution in [3.8, 4) is 0 Å². The number of halogens is 1. The maximum absolute atomic E-state index is 12.1. The summed E-state index contributed by atoms with van der Waals surface area (Å²) in [6.07, 6.45) is 1.88. The number of rotatable bonds is 5. The van der Waals surface area contributed by atoms with Crippen molar-refractivity contribution < 1.29 is 4.79 Å². The third kappa shape index (κ3) is 3.46. The van der Waals surface area contributed by atoms with Gasteiger partial charge in [-0.3, -0.25) is 9.69 Å². The number of ketones is 1. The van der Waals surface area contributed by atoms with E-state index >= 15 is 0 Å². The molecule has 2 rings (SSSR count). The van der Waals surface area contributed by atoms with Gasteiger partial charge in [-0.25, -0.2) is 0 Å². The predicted octanol–water partition coefficient (Wildman–Crippen LogP) is 2.99. The first-order chi connectivity index (χ1) is 9.08. The standard InChI is InChI=1S/C15H17ClN2O/c1-17(10-12-6-3-4-7-13(12)16)11-15(19)14-8-5-9-18(14)2/h3-9H,10-11H2,1-2H3. The average molecular weight is 277 g/mol. The molecule has 100 valence electrons. The van der Waals surface area contributed by atoms with Crippen molar-refractivity contribution in [1.29, 1.82) is 0 Å². The van der Waals surface area contributed by atoms with Crippen molar-refractivity contribution in [2.24, 2.45) is 7.05 Å². The number of likely N-dealkylation sites (N-methyl/N-ethyl adjacent to an activating group) is 1. The zero-order chi connectivity index (χ0) is 13.8. The number of carbonyl (C=O) groups is 1. The number of nitrogens with zero attached hydrogens (tertiary/aromatic N) is 2. The Kier molecular flexibility index (Phi) is 4.40. The molecule has 0 saturated heterocycles. The number of hydrogen-bond donors (Lipinski definition) is 0. The summed E-state index contributed by atoms with van der Waals surface area (Å²) < 4.78 is 1.84. The molecular formula is C15H17ClN2O. The number of Topliss-reactive ketones (excluding diaryl/α,β-unsaturated/α-hetero) is 1. The molecule has 19 heavy (non-hydrogen) atoms. The van der Waals surface area contributed by atoms with Crippen molar-refractivity contribution in [3.63, 3.8) is 0 Å². The zero-order valence-corrected chi connectivity index (χ0v) is 11.9. The van der Waals surface area contributed by atoms with Crippen molar-refractivity contribution in [1.82, 2.24) is 9.47 Å². The molecule has 0 N–H and O–H groups in total. The Hall–Kier alpha value is -1.58. The van der Waals surface area contributed by atoms with E-state index in [0.717, 1.165) is 16.3 Å². The van der Waals surface area contributed by atoms with E-state index in [1.807, 2.05) is 66.2 Å². The van der Waals surface area contributed by atoms with Gasteiger partial charge >= 0.3 is 0 Å². The Balaban J connectivity index is 1.99. The number of aromatic nitrogens is 1. The quantitative estimate of drug-likeness (QED) is 0.785. The summed E-state index contributed by atoms with van der Waals surface area (Å²) in [5.74, 6) is 0.113. The summed E-state index contributed by atoms with van der Waals surface area (Å²) >= 11 is 6.11. The SMILES string of the molecule is CN(CC(=O)c1cccn1C)Cc1ccccc1Cl. The number of aryl methyl sites for hydroxylation is 1. The molecule has 0 unspecified atom stereocenters. The third-order valence-corrected chi connectivity index (χ3v) is 3.41. The molecule has 0 fully saturated rings. The van der Waals surface area contributed by atoms with E-state index in [4.69, 9.17) is 11.6 Å². The van der Waals surface area contributed by atoms with E-state index < -0.39 is 0 Å². The van der Waals surface area contributed by atoms with Crippen LogP contribution in [0, 0.1) is 0 Å². The van der Waals surface area contributed by atoms with Crippen LogP contribution in [0.3, 0.4) is 0 Å². The van der Waals surface area contributed by atoms with Gasteiger partial charge in [0.25, 0.3) is 0 Å². The molecule has 1 aromatic carbocycles. The molecule has 0 aliphatic heterocycles. The lowest BCUT2D eigenvalue weighted by Gasteiger charge is -2.16. The third-order valence-electron chi connectivity index (χ3n) is 3.04. The first-order valence-electron chi connectivity index (χ1n) is 6.14. The lowest BCUT2D eigenvalue weighted by molar-refractivity contribution is 0.0935. The van der Waals surface area contributed by atoms with Gasteiger partial charge in [0.05, 0.1) is 12.2 Å². The highest BCUT2D eigenvalue weighted by Gasteiger charge is 2.12. The molecule has 1 heterocycles. The topological polar surface area (TPSA) is 25.2 Å². The van der Waals surface area contributed by atoms with Crippen LogP contribution in [-0.2, 0) is 13.6 Å². The summed E-state index contributed by atoms with van der Waals surface area (Å²) in [7, 11) is 3.80. The second-order valence-electron chi connectivity index (χ2n) is 4.69. The molecule has 2 aromatic rings. The Morgan fingerprint density at radius 2 is 2.00 bits per heavy atom. The molecule has 0 radical (unpaired) electrons. The maximum atomic E-state index is 12.1. The second-order valence-corrected chi connectivity index (χ2v) is 5.10. The maximum Gasteiger partial charge on any atom is 0.193 e. The lowest BCUT2D eigenvalue weighted by Crippen LogP contribution is -2.26. The predicted molar refractivity (Wildman–Crippen MR) is 77.5 cm³/mol. The van der Waals surface area contributed by atoms with Gasteiger partial charge in [-0.1, -0.05) is 29.8 Å². The van der Waals surface area contributed by atoms with Crippen LogP contribution in [0.25, 0.3) is 0 Å². The smallest absolute Gasteiger partial charge is 0.193 e. The van der Waals surface area contributed by atoms with Crippen LogP contribution in [0.4, 0.5) is 0 Å². The van der Waals surface area contributed by atoms with Crippen LogP contribution in [0.2, 0.25) is 5.02 Å². The van der Waals surface area contributed by atoms with Crippen LogP contribution >= 0.6 is 11.6 Å². The van der Waals surface area contributed by atoms with E-state index in [-0.39, 0.29) is 5.78 Å². The van der Waals surface area contributed by atoms with Gasteiger partial charge in [-0.2, -0.15) is 0 Å². The van der Waals surface area contributed by atoms with Crippen LogP contribution in [-0.4, -0.2) is 28.8 Å². The molecule has 0 saturated carbocycles. The number of carbonyl (C=O) groups excluding carboxylic acids is 1. The minimum atomic E-state index is 0.113. The minimum absolute atomic E-state index is 0.113. The molecule has 4 heteroatoms. The molecular weight excluding hydrogens is 260 g/mol. The lowest BCUT2D eigenvalue weighted by atomic mass is 10.2. The summed E-state index contributed by atoms with van der Waals surface area (Å²) in [4.78, 5) is 14.1. The summed E-state index contributed by atoms with van der Waals surface area (Å²) in [5, 5.41) is 0.737. The fourth-order valence-corrected chi connectivity index (χ4v) is 2.25. The second kappa shape index (κ2) is 6.04. The molecule has 0 aliphatic carbocycles. The molecule has 0 aliphatic rings. The molecule has 0 atom stereocenters. The van der Waals surface area contributed by atoms with Crippen LogP contribution in [0.15, 0.2) is 42.6 Å². The van der Waals surface area contributed by atoms with Crippen molar-refractivity contribution in [3.05, 3.63) is 58.9 Å². The van der Waals surface area contributed by atoms with E-state index in [9.17, 15) is 4.79 Å². The van der Waals surface area contributed by atoms with E-state index in [0.29, 0.717) is 13.1 Å². The molecule has 1 aromatic heterocycles. The summed E-state index contributed by atoms with van der Waals surface area (Å²) in [6.45, 7) is 1.04. The first-order valence-corrected chi connectivity index (χ1v) is 6.52. The van der Waals surface area contributed by atoms with Gasteiger partial charge < -0.3 is 4.57 Å². The first kappa shape index (κ1) is 13.8. The Morgan fingerprint density at radius 3 is 2.63 bits per heavy atom. The van der Waals surface area contributed by atoms with Gasteiger partial charge in [0.15, 0.2) is 5.78 Å². The Morgan fingerprint density at radius 1 is 1.26 bits per heavy atom. The van der Waals surface area contributed by atoms with E-state index in [1.165, 1.54) is 0 Å². The number of hydrogen-bond acceptors (Lipinski definition) is 2. The molecule has 0 bridgehead atoms. The largest absolute Gasteiger partial charge is 0.348 e. The molecule has 3 nitrogen and oxygen atoms in total. The van der Waals surface area contributed by atoms with Gasteiger partial charge in [-0.15, -0.1) is 0 Å². The monoisotopic (exact) mass is 276 g/mol. The van der Waals surface area contributed by atoms with Gasteiger partial charge in [0.1, 0.15) is 0 Å². The summed E-state index contributed by atoms with van der Waals surface area (Å²) in [6, 6.07) is 11.4. The highest BCUT2D eigenvalue weighted by molar-refractivity contribution is 6.31. The highest BCUT2D eigenvalue weighted by Crippen LogP contribution is 2.16. The van der Waals surface area contributed by atoms with E-state index in [2.05, 4.69) is 0 Å². The van der Waals surface area contributed by atoms with Crippen LogP contribution < -0.4 is 0 Å². The van der Waals surface area contributed by atoms with Gasteiger partial charge in [0, 0.05) is 24.8 Å². The van der Waals surface area contributed by atoms with Gasteiger partial charge in [0.2, 0.25) is 0 Å². The van der Waals surface area contributed by atoms with Crippen molar-refractivity contribution in [2.75, 3.05) is 13.6 Å². The van der Waals surface area contributed by atoms with Crippen LogP contribution in [0.5, 0.6) is 0 Å². The van der Waals surface area contributed by atoms with Crippen LogP contribution in [0.1, 0.15) is 16.1 Å². The Labute approximate surface area is 118 Å². The molecule has 0 amide bonds. The average Bonchev–Trinajstić information content (AvgIpc) is 2.78. The van der Waals surface area contributed by atoms with Crippen molar-refractivity contribution in [2.45, 2.75) is 6.54 Å². The van der Waals surface area contributed by atoms with E-state index in [1.54, 1.807) is 0 Å². The highest BCUT2D eigenvalue weighted by atomic mass is 35.5.